The first kappa shape index (κ1) is 9.99. The number of aliphatic hydroxyl groups is 1. The van der Waals surface area contributed by atoms with Crippen LogP contribution in [0.5, 0.6) is 0 Å². The van der Waals surface area contributed by atoms with E-state index in [0.717, 1.165) is 0 Å². The Hall–Kier alpha value is -0.120. The van der Waals surface area contributed by atoms with Gasteiger partial charge in [0.25, 0.3) is 0 Å². The van der Waals surface area contributed by atoms with Crippen molar-refractivity contribution in [1.82, 2.24) is 0 Å². The Labute approximate surface area is 43.4 Å². The minimum atomic E-state index is -0.681. The molecule has 7 heavy (non-hydrogen) atoms. The highest BCUT2D eigenvalue weighted by atomic mass is 16.3. The molecule has 0 aromatic heterocycles. The maximum Gasteiger partial charge on any atom is 0.0713 e. The summed E-state index contributed by atoms with van der Waals surface area (Å²) in [6, 6.07) is 0. The lowest BCUT2D eigenvalue weighted by molar-refractivity contribution is 0.0898. The van der Waals surface area contributed by atoms with E-state index in [9.17, 15) is 0 Å². The highest BCUT2D eigenvalue weighted by Gasteiger charge is 2.06. The van der Waals surface area contributed by atoms with Crippen molar-refractivity contribution in [2.24, 2.45) is 5.73 Å². The summed E-state index contributed by atoms with van der Waals surface area (Å²) < 4.78 is 0. The molecule has 0 unspecified atom stereocenters. The maximum atomic E-state index is 8.70. The van der Waals surface area contributed by atoms with Gasteiger partial charge in [0.15, 0.2) is 0 Å². The first-order valence-corrected chi connectivity index (χ1v) is 1.99. The first-order chi connectivity index (χ1) is 2.56. The SMILES string of the molecule is CC(C)(O)CN.O. The van der Waals surface area contributed by atoms with Gasteiger partial charge in [0, 0.05) is 6.54 Å². The third kappa shape index (κ3) is 10.7. The van der Waals surface area contributed by atoms with Crippen LogP contribution in [0.4, 0.5) is 0 Å². The summed E-state index contributed by atoms with van der Waals surface area (Å²) in [5.74, 6) is 0. The van der Waals surface area contributed by atoms with E-state index < -0.39 is 5.60 Å². The van der Waals surface area contributed by atoms with Crippen LogP contribution in [0.15, 0.2) is 0 Å². The third-order valence-electron chi connectivity index (χ3n) is 0.500. The zero-order valence-corrected chi connectivity index (χ0v) is 4.73. The van der Waals surface area contributed by atoms with E-state index in [4.69, 9.17) is 10.8 Å². The van der Waals surface area contributed by atoms with Crippen LogP contribution in [0.3, 0.4) is 0 Å². The Bertz CT molecular complexity index is 39.4. The molecule has 0 radical (unpaired) electrons. The summed E-state index contributed by atoms with van der Waals surface area (Å²) >= 11 is 0. The molecule has 0 heterocycles. The average molecular weight is 107 g/mol. The molecule has 0 aliphatic heterocycles. The molecule has 46 valence electrons. The molecular weight excluding hydrogens is 94.0 g/mol. The highest BCUT2D eigenvalue weighted by molar-refractivity contribution is 4.63. The molecule has 0 atom stereocenters. The first-order valence-electron chi connectivity index (χ1n) is 1.99. The second kappa shape index (κ2) is 2.96. The summed E-state index contributed by atoms with van der Waals surface area (Å²) in [6.45, 7) is 3.67. The van der Waals surface area contributed by atoms with E-state index in [1.54, 1.807) is 13.8 Å². The smallest absolute Gasteiger partial charge is 0.0713 e. The number of hydrogen-bond acceptors (Lipinski definition) is 2. The fraction of sp³-hybridized carbons (Fsp3) is 1.00. The van der Waals surface area contributed by atoms with Crippen molar-refractivity contribution in [3.05, 3.63) is 0 Å². The van der Waals surface area contributed by atoms with Gasteiger partial charge in [0.2, 0.25) is 0 Å². The molecule has 0 aromatic rings. The van der Waals surface area contributed by atoms with Gasteiger partial charge in [-0.3, -0.25) is 0 Å². The fourth-order valence-electron chi connectivity index (χ4n) is 0. The van der Waals surface area contributed by atoms with Gasteiger partial charge < -0.3 is 16.3 Å². The monoisotopic (exact) mass is 107 g/mol. The molecule has 0 amide bonds. The lowest BCUT2D eigenvalue weighted by Gasteiger charge is -2.11. The van der Waals surface area contributed by atoms with Gasteiger partial charge in [-0.1, -0.05) is 0 Å². The molecule has 3 heteroatoms. The van der Waals surface area contributed by atoms with Gasteiger partial charge in [-0.15, -0.1) is 0 Å². The molecule has 0 aliphatic carbocycles. The van der Waals surface area contributed by atoms with Gasteiger partial charge in [0.1, 0.15) is 0 Å². The van der Waals surface area contributed by atoms with Crippen molar-refractivity contribution in [1.29, 1.82) is 0 Å². The van der Waals surface area contributed by atoms with E-state index in [0.29, 0.717) is 6.54 Å². The summed E-state index contributed by atoms with van der Waals surface area (Å²) in [5, 5.41) is 8.70. The van der Waals surface area contributed by atoms with E-state index in [2.05, 4.69) is 0 Å². The lowest BCUT2D eigenvalue weighted by Crippen LogP contribution is -2.29. The van der Waals surface area contributed by atoms with Crippen molar-refractivity contribution in [3.8, 4) is 0 Å². The second-order valence-electron chi connectivity index (χ2n) is 2.02. The number of hydrogen-bond donors (Lipinski definition) is 2. The molecule has 0 spiro atoms. The molecular formula is C4H13NO2. The number of nitrogens with two attached hydrogens (primary N) is 1. The van der Waals surface area contributed by atoms with Crippen LogP contribution >= 0.6 is 0 Å². The highest BCUT2D eigenvalue weighted by Crippen LogP contribution is 1.93. The summed E-state index contributed by atoms with van der Waals surface area (Å²) in [7, 11) is 0. The number of rotatable bonds is 1. The molecule has 3 nitrogen and oxygen atoms in total. The largest absolute Gasteiger partial charge is 0.412 e. The van der Waals surface area contributed by atoms with Gasteiger partial charge >= 0.3 is 0 Å². The minimum absolute atomic E-state index is 0. The summed E-state index contributed by atoms with van der Waals surface area (Å²) in [5.41, 5.74) is 4.38. The predicted octanol–water partition coefficient (Wildman–Crippen LogP) is -1.11. The molecule has 0 saturated carbocycles. The van der Waals surface area contributed by atoms with E-state index >= 15 is 0 Å². The standard InChI is InChI=1S/C4H11NO.H2O/c1-4(2,6)3-5;/h6H,3,5H2,1-2H3;1H2. The van der Waals surface area contributed by atoms with Gasteiger partial charge in [-0.05, 0) is 13.8 Å². The normalized spacial score (nSPS) is 10.3. The van der Waals surface area contributed by atoms with Crippen LogP contribution in [-0.2, 0) is 0 Å². The van der Waals surface area contributed by atoms with E-state index in [-0.39, 0.29) is 5.48 Å². The van der Waals surface area contributed by atoms with Crippen LogP contribution < -0.4 is 5.73 Å². The van der Waals surface area contributed by atoms with Crippen molar-refractivity contribution in [2.75, 3.05) is 6.54 Å². The molecule has 0 bridgehead atoms. The maximum absolute atomic E-state index is 8.70. The molecule has 0 aromatic carbocycles. The van der Waals surface area contributed by atoms with Crippen molar-refractivity contribution in [2.45, 2.75) is 19.4 Å². The third-order valence-corrected chi connectivity index (χ3v) is 0.500. The Kier molecular flexibility index (Phi) is 4.22. The van der Waals surface area contributed by atoms with E-state index in [1.807, 2.05) is 0 Å². The van der Waals surface area contributed by atoms with Crippen molar-refractivity contribution in [3.63, 3.8) is 0 Å². The molecule has 0 aliphatic rings. The van der Waals surface area contributed by atoms with Crippen LogP contribution in [-0.4, -0.2) is 22.7 Å². The van der Waals surface area contributed by atoms with Crippen LogP contribution in [0.2, 0.25) is 0 Å². The fourth-order valence-corrected chi connectivity index (χ4v) is 0. The Morgan fingerprint density at radius 1 is 1.57 bits per heavy atom. The molecule has 0 saturated heterocycles. The minimum Gasteiger partial charge on any atom is -0.412 e. The van der Waals surface area contributed by atoms with Crippen molar-refractivity contribution < 1.29 is 10.6 Å². The van der Waals surface area contributed by atoms with Crippen LogP contribution in [0, 0.1) is 0 Å². The van der Waals surface area contributed by atoms with E-state index in [1.165, 1.54) is 0 Å². The summed E-state index contributed by atoms with van der Waals surface area (Å²) in [4.78, 5) is 0. The van der Waals surface area contributed by atoms with Crippen LogP contribution in [0.1, 0.15) is 13.8 Å². The molecule has 5 N–H and O–H groups in total. The predicted molar refractivity (Wildman–Crippen MR) is 29.0 cm³/mol. The van der Waals surface area contributed by atoms with Crippen molar-refractivity contribution >= 4 is 0 Å². The summed E-state index contributed by atoms with van der Waals surface area (Å²) in [6.07, 6.45) is 0. The second-order valence-corrected chi connectivity index (χ2v) is 2.02. The lowest BCUT2D eigenvalue weighted by atomic mass is 10.1. The molecule has 0 fully saturated rings. The van der Waals surface area contributed by atoms with Gasteiger partial charge in [-0.25, -0.2) is 0 Å². The zero-order valence-electron chi connectivity index (χ0n) is 4.73. The topological polar surface area (TPSA) is 77.8 Å². The zero-order chi connectivity index (χ0) is 5.21. The Morgan fingerprint density at radius 3 is 1.71 bits per heavy atom. The van der Waals surface area contributed by atoms with Gasteiger partial charge in [0.05, 0.1) is 5.60 Å². The molecule has 0 rings (SSSR count). The average Bonchev–Trinajstić information content (AvgIpc) is 1.35. The quantitative estimate of drug-likeness (QED) is 0.445. The van der Waals surface area contributed by atoms with Crippen LogP contribution in [0.25, 0.3) is 0 Å². The van der Waals surface area contributed by atoms with Gasteiger partial charge in [-0.2, -0.15) is 0 Å². The Morgan fingerprint density at radius 2 is 1.71 bits per heavy atom. The Balaban J connectivity index is 0.